The minimum atomic E-state index is -0.626. The molecule has 4 heteroatoms. The number of rotatable bonds is 6. The van der Waals surface area contributed by atoms with Crippen LogP contribution in [0.15, 0.2) is 77.8 Å². The number of halogens is 2. The minimum absolute atomic E-state index is 0.448. The molecule has 0 fully saturated rings. The fourth-order valence-corrected chi connectivity index (χ4v) is 4.43. The first kappa shape index (κ1) is 22.6. The third-order valence-electron chi connectivity index (χ3n) is 5.57. The first-order valence-corrected chi connectivity index (χ1v) is 11.4. The van der Waals surface area contributed by atoms with Gasteiger partial charge in [0.2, 0.25) is 0 Å². The summed E-state index contributed by atoms with van der Waals surface area (Å²) in [7, 11) is 0. The monoisotopic (exact) mass is 456 g/mol. The zero-order valence-electron chi connectivity index (χ0n) is 18.4. The van der Waals surface area contributed by atoms with Gasteiger partial charge in [-0.1, -0.05) is 36.4 Å². The maximum atomic E-state index is 14.0. The lowest BCUT2D eigenvalue weighted by molar-refractivity contribution is 0.112. The summed E-state index contributed by atoms with van der Waals surface area (Å²) in [5, 5.41) is 1.98. The van der Waals surface area contributed by atoms with Crippen molar-refractivity contribution in [2.45, 2.75) is 20.3 Å². The summed E-state index contributed by atoms with van der Waals surface area (Å²) in [5.41, 5.74) is 10.2. The van der Waals surface area contributed by atoms with Gasteiger partial charge >= 0.3 is 0 Å². The molecule has 0 saturated heterocycles. The number of carbonyl (C=O) groups excluding carboxylic acids is 1. The van der Waals surface area contributed by atoms with E-state index in [1.165, 1.54) is 17.7 Å². The Hall–Kier alpha value is -3.59. The molecule has 0 saturated carbocycles. The normalized spacial score (nSPS) is 10.5. The van der Waals surface area contributed by atoms with Gasteiger partial charge in [0.1, 0.15) is 17.9 Å². The molecular weight excluding hydrogens is 434 g/mol. The lowest BCUT2D eigenvalue weighted by Gasteiger charge is -2.09. The molecule has 1 nitrogen and oxygen atoms in total. The molecule has 4 aromatic rings. The van der Waals surface area contributed by atoms with Crippen molar-refractivity contribution < 1.29 is 13.6 Å². The van der Waals surface area contributed by atoms with E-state index in [0.717, 1.165) is 39.5 Å². The van der Waals surface area contributed by atoms with E-state index >= 15 is 0 Å². The average molecular weight is 457 g/mol. The highest BCUT2D eigenvalue weighted by molar-refractivity contribution is 7.13. The van der Waals surface area contributed by atoms with Crippen LogP contribution in [0.3, 0.4) is 0 Å². The van der Waals surface area contributed by atoms with Crippen LogP contribution < -0.4 is 0 Å². The van der Waals surface area contributed by atoms with Crippen molar-refractivity contribution in [1.82, 2.24) is 0 Å². The van der Waals surface area contributed by atoms with Gasteiger partial charge in [-0.05, 0) is 77.4 Å². The summed E-state index contributed by atoms with van der Waals surface area (Å²) in [6.07, 6.45) is 3.12. The number of hydrogen-bond acceptors (Lipinski definition) is 2. The zero-order chi connectivity index (χ0) is 23.4. The number of thiophene rings is 1. The fraction of sp³-hybridized carbons (Fsp3) is 0.103. The van der Waals surface area contributed by atoms with Gasteiger partial charge in [0.05, 0.1) is 0 Å². The quantitative estimate of drug-likeness (QED) is 0.212. The Morgan fingerprint density at radius 2 is 1.73 bits per heavy atom. The Balaban J connectivity index is 1.85. The SMILES string of the molecule is Cc1ccc(CC(=C=Cc2ccc(C=O)cc2-c2cccs2)c2cc(F)cc(F)c2)cc1C. The molecule has 1 aromatic heterocycles. The van der Waals surface area contributed by atoms with Crippen LogP contribution in [0.1, 0.15) is 38.2 Å². The van der Waals surface area contributed by atoms with Gasteiger partial charge in [-0.15, -0.1) is 17.1 Å². The second-order valence-corrected chi connectivity index (χ2v) is 8.91. The number of carbonyl (C=O) groups is 1. The van der Waals surface area contributed by atoms with Gasteiger partial charge in [-0.2, -0.15) is 0 Å². The summed E-state index contributed by atoms with van der Waals surface area (Å²) < 4.78 is 28.0. The van der Waals surface area contributed by atoms with Crippen molar-refractivity contribution in [3.8, 4) is 10.4 Å². The Morgan fingerprint density at radius 3 is 2.39 bits per heavy atom. The van der Waals surface area contributed by atoms with Gasteiger partial charge in [0, 0.05) is 34.1 Å². The van der Waals surface area contributed by atoms with Crippen LogP contribution in [0.5, 0.6) is 0 Å². The van der Waals surface area contributed by atoms with Crippen LogP contribution in [0.2, 0.25) is 0 Å². The van der Waals surface area contributed by atoms with E-state index in [-0.39, 0.29) is 0 Å². The lowest BCUT2D eigenvalue weighted by atomic mass is 9.95. The third-order valence-corrected chi connectivity index (χ3v) is 6.47. The number of hydrogen-bond donors (Lipinski definition) is 0. The smallest absolute Gasteiger partial charge is 0.150 e. The summed E-state index contributed by atoms with van der Waals surface area (Å²) in [6, 6.07) is 19.1. The molecule has 0 radical (unpaired) electrons. The maximum Gasteiger partial charge on any atom is 0.150 e. The molecule has 0 unspecified atom stereocenters. The van der Waals surface area contributed by atoms with Crippen molar-refractivity contribution in [3.63, 3.8) is 0 Å². The fourth-order valence-electron chi connectivity index (χ4n) is 3.67. The van der Waals surface area contributed by atoms with E-state index in [4.69, 9.17) is 0 Å². The first-order chi connectivity index (χ1) is 15.9. The number of aryl methyl sites for hydroxylation is 2. The van der Waals surface area contributed by atoms with Gasteiger partial charge < -0.3 is 0 Å². The molecule has 0 N–H and O–H groups in total. The number of allylic oxidation sites excluding steroid dienone is 1. The van der Waals surface area contributed by atoms with Gasteiger partial charge in [-0.3, -0.25) is 4.79 Å². The molecule has 3 aromatic carbocycles. The van der Waals surface area contributed by atoms with Crippen molar-refractivity contribution in [2.75, 3.05) is 0 Å². The van der Waals surface area contributed by atoms with Crippen molar-refractivity contribution in [2.24, 2.45) is 0 Å². The van der Waals surface area contributed by atoms with E-state index in [1.54, 1.807) is 17.4 Å². The highest BCUT2D eigenvalue weighted by Crippen LogP contribution is 2.30. The standard InChI is InChI=1S/C29H22F2OS/c1-19-5-6-21(12-20(19)2)13-24(25-15-26(30)17-27(31)16-25)10-9-23-8-7-22(18-32)14-28(23)29-4-3-11-33-29/h3-9,11-12,14-18H,13H2,1-2H3. The van der Waals surface area contributed by atoms with E-state index < -0.39 is 11.6 Å². The van der Waals surface area contributed by atoms with Crippen LogP contribution in [-0.4, -0.2) is 6.29 Å². The highest BCUT2D eigenvalue weighted by atomic mass is 32.1. The summed E-state index contributed by atoms with van der Waals surface area (Å²) in [6.45, 7) is 4.09. The van der Waals surface area contributed by atoms with Gasteiger partial charge in [-0.25, -0.2) is 8.78 Å². The van der Waals surface area contributed by atoms with Gasteiger partial charge in [0.15, 0.2) is 0 Å². The zero-order valence-corrected chi connectivity index (χ0v) is 19.2. The van der Waals surface area contributed by atoms with Crippen molar-refractivity contribution >= 4 is 29.3 Å². The van der Waals surface area contributed by atoms with Crippen LogP contribution >= 0.6 is 11.3 Å². The van der Waals surface area contributed by atoms with Crippen molar-refractivity contribution in [1.29, 1.82) is 0 Å². The molecule has 4 rings (SSSR count). The molecule has 0 atom stereocenters. The van der Waals surface area contributed by atoms with Crippen LogP contribution in [0.4, 0.5) is 8.78 Å². The Kier molecular flexibility index (Phi) is 6.79. The molecule has 0 bridgehead atoms. The second-order valence-electron chi connectivity index (χ2n) is 7.96. The van der Waals surface area contributed by atoms with E-state index in [1.807, 2.05) is 61.7 Å². The molecular formula is C29H22F2OS. The second kappa shape index (κ2) is 9.91. The van der Waals surface area contributed by atoms with Crippen LogP contribution in [0.25, 0.3) is 22.1 Å². The predicted molar refractivity (Wildman–Crippen MR) is 133 cm³/mol. The largest absolute Gasteiger partial charge is 0.298 e. The molecule has 1 heterocycles. The summed E-state index contributed by atoms with van der Waals surface area (Å²) >= 11 is 1.58. The topological polar surface area (TPSA) is 17.1 Å². The first-order valence-electron chi connectivity index (χ1n) is 10.5. The summed E-state index contributed by atoms with van der Waals surface area (Å²) in [5.74, 6) is -1.25. The molecule has 33 heavy (non-hydrogen) atoms. The molecule has 0 aliphatic heterocycles. The lowest BCUT2D eigenvalue weighted by Crippen LogP contribution is -1.94. The molecule has 164 valence electrons. The van der Waals surface area contributed by atoms with E-state index in [9.17, 15) is 13.6 Å². The summed E-state index contributed by atoms with van der Waals surface area (Å²) in [4.78, 5) is 12.3. The van der Waals surface area contributed by atoms with E-state index in [2.05, 4.69) is 11.8 Å². The molecule has 0 amide bonds. The molecule has 0 spiro atoms. The minimum Gasteiger partial charge on any atom is -0.298 e. The number of aldehydes is 1. The van der Waals surface area contributed by atoms with Crippen molar-refractivity contribution in [3.05, 3.63) is 123 Å². The van der Waals surface area contributed by atoms with Crippen LogP contribution in [-0.2, 0) is 6.42 Å². The molecule has 0 aliphatic carbocycles. The average Bonchev–Trinajstić information content (AvgIpc) is 3.33. The Morgan fingerprint density at radius 1 is 0.939 bits per heavy atom. The maximum absolute atomic E-state index is 14.0. The molecule has 0 aliphatic rings. The Bertz CT molecular complexity index is 1360. The predicted octanol–water partition coefficient (Wildman–Crippen LogP) is 8.06. The third kappa shape index (κ3) is 5.43. The van der Waals surface area contributed by atoms with Crippen LogP contribution in [0, 0.1) is 25.5 Å². The number of benzene rings is 3. The van der Waals surface area contributed by atoms with E-state index in [0.29, 0.717) is 23.1 Å². The highest BCUT2D eigenvalue weighted by Gasteiger charge is 2.09. The van der Waals surface area contributed by atoms with Gasteiger partial charge in [0.25, 0.3) is 0 Å². The Labute approximate surface area is 196 Å².